The number of para-hydroxylation sites is 4. The van der Waals surface area contributed by atoms with E-state index in [2.05, 4.69) is 270 Å². The van der Waals surface area contributed by atoms with Crippen LogP contribution in [0.25, 0.3) is 22.5 Å². The zero-order valence-corrected chi connectivity index (χ0v) is 42.7. The third kappa shape index (κ3) is 9.35. The second-order valence-electron chi connectivity index (χ2n) is 21.3. The molecule has 0 amide bonds. The van der Waals surface area contributed by atoms with Gasteiger partial charge in [-0.05, 0) is 134 Å². The molecule has 0 bridgehead atoms. The molecular weight excluding hydrogens is 887 g/mol. The standard InChI is InChI=1S/C68H61N5/c1-46-33-37-55(72(51-25-15-9-16-26-51)52-27-17-10-18-28-52)38-34-48-43-49(67(2,3)4)35-40-57(48)62(46)65-69-64(47-23-13-8-14-24-47)70-66(71-65)63-58-41-36-50(68(5,6)7)44-60(58)61-45-56(39-42-59(61)63)73(53-29-19-11-20-30-53)54-31-21-12-22-32-54/h8-33,35-45,62-63H,1,34H2,2-7H3/b37-33-,55-38+. The van der Waals surface area contributed by atoms with E-state index >= 15 is 0 Å². The molecule has 1 aromatic heterocycles. The van der Waals surface area contributed by atoms with Gasteiger partial charge in [-0.15, -0.1) is 0 Å². The van der Waals surface area contributed by atoms with Crippen LogP contribution in [0.15, 0.2) is 242 Å². The molecule has 0 radical (unpaired) electrons. The molecule has 0 saturated heterocycles. The molecule has 2 atom stereocenters. The molecule has 358 valence electrons. The Balaban J connectivity index is 1.11. The van der Waals surface area contributed by atoms with Crippen molar-refractivity contribution in [2.24, 2.45) is 0 Å². The summed E-state index contributed by atoms with van der Waals surface area (Å²) < 4.78 is 0. The van der Waals surface area contributed by atoms with E-state index in [-0.39, 0.29) is 22.7 Å². The van der Waals surface area contributed by atoms with Crippen LogP contribution in [0.2, 0.25) is 0 Å². The number of nitrogens with zero attached hydrogens (tertiary/aromatic N) is 5. The molecule has 11 rings (SSSR count). The number of rotatable bonds is 9. The predicted octanol–water partition coefficient (Wildman–Crippen LogP) is 17.3. The van der Waals surface area contributed by atoms with Crippen molar-refractivity contribution in [2.45, 2.75) is 70.6 Å². The smallest absolute Gasteiger partial charge is 0.163 e. The SMILES string of the molecule is C=C1/C=C\C(N(c2ccccc2)c2ccccc2)=C/Cc2cc(C(C)(C)C)ccc2C1c1nc(-c2ccccc2)nc(C2c3ccc(N(c4ccccc4)c4ccccc4)cc3-c3cc(C(C)(C)C)ccc32)n1. The van der Waals surface area contributed by atoms with Crippen molar-refractivity contribution in [3.8, 4) is 22.5 Å². The zero-order chi connectivity index (χ0) is 50.3. The van der Waals surface area contributed by atoms with E-state index in [1.165, 1.54) is 38.9 Å². The van der Waals surface area contributed by atoms with Gasteiger partial charge in [-0.3, -0.25) is 0 Å². The van der Waals surface area contributed by atoms with E-state index in [1.54, 1.807) is 0 Å². The summed E-state index contributed by atoms with van der Waals surface area (Å²) in [6.45, 7) is 18.6. The van der Waals surface area contributed by atoms with Gasteiger partial charge in [0.05, 0.1) is 11.8 Å². The highest BCUT2D eigenvalue weighted by Gasteiger charge is 2.36. The Bertz CT molecular complexity index is 3430. The van der Waals surface area contributed by atoms with Crippen molar-refractivity contribution < 1.29 is 0 Å². The van der Waals surface area contributed by atoms with Gasteiger partial charge >= 0.3 is 0 Å². The van der Waals surface area contributed by atoms with Crippen molar-refractivity contribution in [3.05, 3.63) is 287 Å². The zero-order valence-electron chi connectivity index (χ0n) is 42.7. The number of hydrogen-bond acceptors (Lipinski definition) is 5. The van der Waals surface area contributed by atoms with Crippen molar-refractivity contribution >= 4 is 28.4 Å². The summed E-state index contributed by atoms with van der Waals surface area (Å²) in [5.74, 6) is 1.38. The molecule has 0 saturated carbocycles. The van der Waals surface area contributed by atoms with E-state index in [0.29, 0.717) is 23.9 Å². The predicted molar refractivity (Wildman–Crippen MR) is 304 cm³/mol. The third-order valence-electron chi connectivity index (χ3n) is 14.4. The molecule has 2 aliphatic carbocycles. The maximum absolute atomic E-state index is 5.70. The fourth-order valence-electron chi connectivity index (χ4n) is 10.5. The maximum atomic E-state index is 5.70. The number of anilines is 5. The van der Waals surface area contributed by atoms with Crippen molar-refractivity contribution in [2.75, 3.05) is 9.80 Å². The lowest BCUT2D eigenvalue weighted by Crippen LogP contribution is -2.17. The Hall–Kier alpha value is -8.41. The third-order valence-corrected chi connectivity index (χ3v) is 14.4. The second-order valence-corrected chi connectivity index (χ2v) is 21.3. The highest BCUT2D eigenvalue weighted by atomic mass is 15.2. The molecule has 1 heterocycles. The Morgan fingerprint density at radius 3 is 1.41 bits per heavy atom. The number of fused-ring (bicyclic) bond motifs is 4. The first-order valence-corrected chi connectivity index (χ1v) is 25.5. The van der Waals surface area contributed by atoms with Crippen molar-refractivity contribution in [1.29, 1.82) is 0 Å². The van der Waals surface area contributed by atoms with Gasteiger partial charge in [0.1, 0.15) is 11.6 Å². The van der Waals surface area contributed by atoms with Gasteiger partial charge in [0.2, 0.25) is 0 Å². The fraction of sp³-hybridized carbons (Fsp3) is 0.162. The monoisotopic (exact) mass is 947 g/mol. The van der Waals surface area contributed by atoms with Gasteiger partial charge in [-0.25, -0.2) is 15.0 Å². The molecular formula is C68H61N5. The fourth-order valence-corrected chi connectivity index (χ4v) is 10.5. The Labute approximate surface area is 431 Å². The van der Waals surface area contributed by atoms with Crippen LogP contribution in [0.3, 0.4) is 0 Å². The first kappa shape index (κ1) is 46.9. The summed E-state index contributed by atoms with van der Waals surface area (Å²) in [6.07, 6.45) is 7.44. The van der Waals surface area contributed by atoms with Crippen LogP contribution in [0.5, 0.6) is 0 Å². The highest BCUT2D eigenvalue weighted by molar-refractivity contribution is 5.87. The molecule has 5 heteroatoms. The quantitative estimate of drug-likeness (QED) is 0.144. The van der Waals surface area contributed by atoms with Crippen LogP contribution in [0.1, 0.15) is 98.4 Å². The highest BCUT2D eigenvalue weighted by Crippen LogP contribution is 2.51. The molecule has 2 unspecified atom stereocenters. The van der Waals surface area contributed by atoms with E-state index < -0.39 is 0 Å². The Morgan fingerprint density at radius 1 is 0.425 bits per heavy atom. The van der Waals surface area contributed by atoms with Crippen molar-refractivity contribution in [1.82, 2.24) is 15.0 Å². The van der Waals surface area contributed by atoms with E-state index in [9.17, 15) is 0 Å². The Morgan fingerprint density at radius 2 is 0.877 bits per heavy atom. The lowest BCUT2D eigenvalue weighted by Gasteiger charge is -2.26. The van der Waals surface area contributed by atoms with Gasteiger partial charge in [0, 0.05) is 39.7 Å². The normalized spacial score (nSPS) is 16.4. The Kier molecular flexibility index (Phi) is 12.4. The van der Waals surface area contributed by atoms with E-state index in [1.807, 2.05) is 6.07 Å². The van der Waals surface area contributed by atoms with Crippen molar-refractivity contribution in [3.63, 3.8) is 0 Å². The molecule has 2 aliphatic rings. The number of benzene rings is 8. The topological polar surface area (TPSA) is 45.2 Å². The molecule has 8 aromatic carbocycles. The summed E-state index contributed by atoms with van der Waals surface area (Å²) in [4.78, 5) is 21.4. The molecule has 0 aliphatic heterocycles. The number of allylic oxidation sites excluding steroid dienone is 4. The lowest BCUT2D eigenvalue weighted by molar-refractivity contribution is 0.589. The molecule has 0 N–H and O–H groups in total. The molecule has 5 nitrogen and oxygen atoms in total. The van der Waals surface area contributed by atoms with Crippen LogP contribution >= 0.6 is 0 Å². The average Bonchev–Trinajstić information content (AvgIpc) is 3.76. The van der Waals surface area contributed by atoms with Crippen LogP contribution in [0.4, 0.5) is 28.4 Å². The first-order chi connectivity index (χ1) is 35.4. The van der Waals surface area contributed by atoms with Gasteiger partial charge in [-0.1, -0.05) is 206 Å². The number of hydrogen-bond donors (Lipinski definition) is 0. The molecule has 73 heavy (non-hydrogen) atoms. The molecule has 0 fully saturated rings. The lowest BCUT2D eigenvalue weighted by atomic mass is 9.81. The molecule has 9 aromatic rings. The largest absolute Gasteiger partial charge is 0.311 e. The molecule has 0 spiro atoms. The van der Waals surface area contributed by atoms with E-state index in [4.69, 9.17) is 21.5 Å². The summed E-state index contributed by atoms with van der Waals surface area (Å²) in [6, 6.07) is 73.8. The van der Waals surface area contributed by atoms with Crippen LogP contribution in [-0.4, -0.2) is 15.0 Å². The average molecular weight is 948 g/mol. The van der Waals surface area contributed by atoms with Gasteiger partial charge in [-0.2, -0.15) is 0 Å². The van der Waals surface area contributed by atoms with Gasteiger partial charge < -0.3 is 9.80 Å². The maximum Gasteiger partial charge on any atom is 0.163 e. The summed E-state index contributed by atoms with van der Waals surface area (Å²) in [5.41, 5.74) is 17.8. The van der Waals surface area contributed by atoms with Gasteiger partial charge in [0.15, 0.2) is 5.82 Å². The van der Waals surface area contributed by atoms with Crippen LogP contribution in [-0.2, 0) is 17.3 Å². The van der Waals surface area contributed by atoms with E-state index in [0.717, 1.165) is 50.8 Å². The minimum atomic E-state index is -0.379. The second kappa shape index (κ2) is 19.3. The minimum Gasteiger partial charge on any atom is -0.311 e. The summed E-state index contributed by atoms with van der Waals surface area (Å²) in [7, 11) is 0. The first-order valence-electron chi connectivity index (χ1n) is 25.5. The summed E-state index contributed by atoms with van der Waals surface area (Å²) in [5, 5.41) is 0. The van der Waals surface area contributed by atoms with Crippen LogP contribution < -0.4 is 9.80 Å². The summed E-state index contributed by atoms with van der Waals surface area (Å²) >= 11 is 0. The van der Waals surface area contributed by atoms with Gasteiger partial charge in [0.25, 0.3) is 0 Å². The van der Waals surface area contributed by atoms with Crippen LogP contribution in [0, 0.1) is 0 Å². The number of aromatic nitrogens is 3. The minimum absolute atomic E-state index is 0.0647.